The number of hydrogen-bond donors (Lipinski definition) is 1. The molecule has 1 heteroatoms. The number of benzene rings is 1. The van der Waals surface area contributed by atoms with Crippen molar-refractivity contribution in [3.05, 3.63) is 34.9 Å². The van der Waals surface area contributed by atoms with Crippen LogP contribution in [-0.4, -0.2) is 0 Å². The first-order valence-corrected chi connectivity index (χ1v) is 4.98. The highest BCUT2D eigenvalue weighted by atomic mass is 14.6. The number of nitrogens with two attached hydrogens (primary N) is 1. The van der Waals surface area contributed by atoms with E-state index >= 15 is 0 Å². The maximum atomic E-state index is 6.08. The fourth-order valence-electron chi connectivity index (χ4n) is 1.63. The summed E-state index contributed by atoms with van der Waals surface area (Å²) in [5.74, 6) is 0. The first-order chi connectivity index (χ1) is 6.15. The van der Waals surface area contributed by atoms with E-state index in [1.165, 1.54) is 16.7 Å². The third kappa shape index (κ3) is 2.56. The smallest absolute Gasteiger partial charge is 0.0297 e. The third-order valence-corrected chi connectivity index (χ3v) is 2.43. The zero-order valence-electron chi connectivity index (χ0n) is 8.80. The van der Waals surface area contributed by atoms with Crippen molar-refractivity contribution in [2.45, 2.75) is 39.7 Å². The van der Waals surface area contributed by atoms with Crippen LogP contribution in [0.1, 0.15) is 42.5 Å². The van der Waals surface area contributed by atoms with Gasteiger partial charge in [-0.15, -0.1) is 0 Å². The van der Waals surface area contributed by atoms with Crippen molar-refractivity contribution in [2.75, 3.05) is 0 Å². The van der Waals surface area contributed by atoms with Gasteiger partial charge >= 0.3 is 0 Å². The Labute approximate surface area is 81.0 Å². The van der Waals surface area contributed by atoms with Gasteiger partial charge in [-0.05, 0) is 31.4 Å². The molecule has 0 saturated carbocycles. The molecular formula is C12H19N. The molecule has 0 aromatic heterocycles. The molecule has 1 aromatic rings. The quantitative estimate of drug-likeness (QED) is 0.754. The second kappa shape index (κ2) is 4.43. The van der Waals surface area contributed by atoms with E-state index in [2.05, 4.69) is 39.0 Å². The normalized spacial score (nSPS) is 12.9. The highest BCUT2D eigenvalue weighted by Gasteiger charge is 2.07. The van der Waals surface area contributed by atoms with Crippen molar-refractivity contribution in [3.8, 4) is 0 Å². The molecule has 2 N–H and O–H groups in total. The first kappa shape index (κ1) is 10.3. The van der Waals surface area contributed by atoms with Gasteiger partial charge in [0.05, 0.1) is 0 Å². The van der Waals surface area contributed by atoms with Crippen LogP contribution in [0.5, 0.6) is 0 Å². The molecule has 0 bridgehead atoms. The Morgan fingerprint density at radius 3 is 2.62 bits per heavy atom. The van der Waals surface area contributed by atoms with Gasteiger partial charge in [0, 0.05) is 6.04 Å². The van der Waals surface area contributed by atoms with E-state index in [0.29, 0.717) is 0 Å². The van der Waals surface area contributed by atoms with Gasteiger partial charge in [-0.2, -0.15) is 0 Å². The summed E-state index contributed by atoms with van der Waals surface area (Å²) in [6, 6.07) is 6.71. The van der Waals surface area contributed by atoms with Crippen LogP contribution < -0.4 is 5.73 Å². The summed E-state index contributed by atoms with van der Waals surface area (Å²) in [6.45, 7) is 6.41. The molecule has 1 atom stereocenters. The summed E-state index contributed by atoms with van der Waals surface area (Å²) < 4.78 is 0. The molecule has 1 rings (SSSR count). The summed E-state index contributed by atoms with van der Waals surface area (Å²) >= 11 is 0. The zero-order chi connectivity index (χ0) is 9.84. The molecular weight excluding hydrogens is 158 g/mol. The Bertz CT molecular complexity index is 278. The van der Waals surface area contributed by atoms with E-state index in [4.69, 9.17) is 5.73 Å². The Morgan fingerprint density at radius 1 is 1.31 bits per heavy atom. The largest absolute Gasteiger partial charge is 0.324 e. The van der Waals surface area contributed by atoms with E-state index < -0.39 is 0 Å². The van der Waals surface area contributed by atoms with Crippen molar-refractivity contribution in [1.82, 2.24) is 0 Å². The van der Waals surface area contributed by atoms with E-state index in [-0.39, 0.29) is 6.04 Å². The van der Waals surface area contributed by atoms with Crippen molar-refractivity contribution >= 4 is 0 Å². The second-order valence-electron chi connectivity index (χ2n) is 3.76. The molecule has 0 aliphatic heterocycles. The number of aryl methyl sites for hydroxylation is 2. The average molecular weight is 177 g/mol. The molecule has 1 nitrogen and oxygen atoms in total. The van der Waals surface area contributed by atoms with Gasteiger partial charge in [-0.25, -0.2) is 0 Å². The minimum Gasteiger partial charge on any atom is -0.324 e. The lowest BCUT2D eigenvalue weighted by Crippen LogP contribution is -2.11. The highest BCUT2D eigenvalue weighted by Crippen LogP contribution is 2.20. The maximum absolute atomic E-state index is 6.08. The van der Waals surface area contributed by atoms with Crippen molar-refractivity contribution in [2.24, 2.45) is 5.73 Å². The van der Waals surface area contributed by atoms with Crippen LogP contribution >= 0.6 is 0 Å². The molecule has 72 valence electrons. The Morgan fingerprint density at radius 2 is 2.00 bits per heavy atom. The molecule has 1 aromatic carbocycles. The van der Waals surface area contributed by atoms with Crippen LogP contribution in [0.25, 0.3) is 0 Å². The summed E-state index contributed by atoms with van der Waals surface area (Å²) in [6.07, 6.45) is 2.22. The van der Waals surface area contributed by atoms with Gasteiger partial charge in [0.15, 0.2) is 0 Å². The molecule has 1 unspecified atom stereocenters. The van der Waals surface area contributed by atoms with E-state index in [0.717, 1.165) is 12.8 Å². The lowest BCUT2D eigenvalue weighted by molar-refractivity contribution is 0.635. The molecule has 13 heavy (non-hydrogen) atoms. The predicted molar refractivity (Wildman–Crippen MR) is 57.8 cm³/mol. The van der Waals surface area contributed by atoms with Gasteiger partial charge in [0.25, 0.3) is 0 Å². The summed E-state index contributed by atoms with van der Waals surface area (Å²) in [5, 5.41) is 0. The van der Waals surface area contributed by atoms with E-state index in [1.54, 1.807) is 0 Å². The Hall–Kier alpha value is -0.820. The van der Waals surface area contributed by atoms with Crippen LogP contribution in [0.15, 0.2) is 18.2 Å². The SMILES string of the molecule is CCCC(N)c1cc(C)ccc1C. The third-order valence-electron chi connectivity index (χ3n) is 2.43. The molecule has 0 amide bonds. The minimum atomic E-state index is 0.213. The average Bonchev–Trinajstić information content (AvgIpc) is 2.09. The van der Waals surface area contributed by atoms with E-state index in [9.17, 15) is 0 Å². The Balaban J connectivity index is 2.91. The van der Waals surface area contributed by atoms with Gasteiger partial charge in [-0.1, -0.05) is 37.1 Å². The van der Waals surface area contributed by atoms with Crippen LogP contribution in [0, 0.1) is 13.8 Å². The second-order valence-corrected chi connectivity index (χ2v) is 3.76. The number of hydrogen-bond acceptors (Lipinski definition) is 1. The standard InChI is InChI=1S/C12H19N/c1-4-5-12(13)11-8-9(2)6-7-10(11)3/h6-8,12H,4-5,13H2,1-3H3. The monoisotopic (exact) mass is 177 g/mol. The van der Waals surface area contributed by atoms with Crippen molar-refractivity contribution in [1.29, 1.82) is 0 Å². The van der Waals surface area contributed by atoms with Crippen molar-refractivity contribution < 1.29 is 0 Å². The molecule has 0 aliphatic rings. The molecule has 0 heterocycles. The maximum Gasteiger partial charge on any atom is 0.0297 e. The first-order valence-electron chi connectivity index (χ1n) is 4.98. The van der Waals surface area contributed by atoms with Crippen LogP contribution in [0.3, 0.4) is 0 Å². The fraction of sp³-hybridized carbons (Fsp3) is 0.500. The Kier molecular flexibility index (Phi) is 3.49. The summed E-state index contributed by atoms with van der Waals surface area (Å²) in [7, 11) is 0. The molecule has 0 aliphatic carbocycles. The van der Waals surface area contributed by atoms with Crippen LogP contribution in [-0.2, 0) is 0 Å². The van der Waals surface area contributed by atoms with Crippen LogP contribution in [0.4, 0.5) is 0 Å². The zero-order valence-corrected chi connectivity index (χ0v) is 8.80. The van der Waals surface area contributed by atoms with Gasteiger partial charge < -0.3 is 5.73 Å². The molecule has 0 spiro atoms. The summed E-state index contributed by atoms with van der Waals surface area (Å²) in [5.41, 5.74) is 9.99. The predicted octanol–water partition coefficient (Wildman–Crippen LogP) is 3.10. The summed E-state index contributed by atoms with van der Waals surface area (Å²) in [4.78, 5) is 0. The van der Waals surface area contributed by atoms with Gasteiger partial charge in [0.1, 0.15) is 0 Å². The lowest BCUT2D eigenvalue weighted by Gasteiger charge is -2.14. The molecule has 0 radical (unpaired) electrons. The number of rotatable bonds is 3. The van der Waals surface area contributed by atoms with Gasteiger partial charge in [-0.3, -0.25) is 0 Å². The molecule has 0 fully saturated rings. The van der Waals surface area contributed by atoms with Gasteiger partial charge in [0.2, 0.25) is 0 Å². The lowest BCUT2D eigenvalue weighted by atomic mass is 9.97. The molecule has 0 saturated heterocycles. The van der Waals surface area contributed by atoms with Crippen LogP contribution in [0.2, 0.25) is 0 Å². The van der Waals surface area contributed by atoms with Crippen molar-refractivity contribution in [3.63, 3.8) is 0 Å². The fourth-order valence-corrected chi connectivity index (χ4v) is 1.63. The van der Waals surface area contributed by atoms with E-state index in [1.807, 2.05) is 0 Å². The minimum absolute atomic E-state index is 0.213. The topological polar surface area (TPSA) is 26.0 Å². The highest BCUT2D eigenvalue weighted by molar-refractivity contribution is 5.32.